The summed E-state index contributed by atoms with van der Waals surface area (Å²) in [5, 5.41) is 19.7. The van der Waals surface area contributed by atoms with E-state index in [9.17, 15) is 14.7 Å². The Morgan fingerprint density at radius 1 is 1.32 bits per heavy atom. The molecule has 1 aliphatic carbocycles. The van der Waals surface area contributed by atoms with Crippen LogP contribution in [0.2, 0.25) is 0 Å². The van der Waals surface area contributed by atoms with Gasteiger partial charge in [-0.05, 0) is 26.7 Å². The monoisotopic (exact) mass is 281 g/mol. The molecule has 0 saturated heterocycles. The number of hydrogen-bond donors (Lipinski definition) is 2. The molecule has 1 aliphatic rings. The average molecular weight is 281 g/mol. The van der Waals surface area contributed by atoms with E-state index in [0.29, 0.717) is 18.0 Å². The minimum atomic E-state index is -0.927. The predicted octanol–water partition coefficient (Wildman–Crippen LogP) is 1.92. The van der Waals surface area contributed by atoms with Gasteiger partial charge in [-0.25, -0.2) is 0 Å². The standard InChI is InChI=1S/C12H15N3O3S/c1-6-3-8(9(11(17)18)4-7(6)2)10(16)14-12-15-13-5-19-12/h5,8-9H,3-4H2,1-2H3,(H,17,18)(H,14,15,16). The lowest BCUT2D eigenvalue weighted by atomic mass is 9.76. The maximum Gasteiger partial charge on any atom is 0.307 e. The maximum absolute atomic E-state index is 12.2. The molecule has 1 heterocycles. The molecule has 2 rings (SSSR count). The molecule has 0 bridgehead atoms. The first-order valence-electron chi connectivity index (χ1n) is 5.94. The average Bonchev–Trinajstić information content (AvgIpc) is 2.84. The van der Waals surface area contributed by atoms with E-state index in [4.69, 9.17) is 0 Å². The first kappa shape index (κ1) is 13.7. The lowest BCUT2D eigenvalue weighted by Gasteiger charge is -2.29. The molecule has 7 heteroatoms. The van der Waals surface area contributed by atoms with Crippen molar-refractivity contribution >= 4 is 28.3 Å². The highest BCUT2D eigenvalue weighted by Crippen LogP contribution is 2.35. The van der Waals surface area contributed by atoms with Crippen LogP contribution in [0.25, 0.3) is 0 Å². The van der Waals surface area contributed by atoms with Crippen molar-refractivity contribution in [3.8, 4) is 0 Å². The Hall–Kier alpha value is -1.76. The minimum Gasteiger partial charge on any atom is -0.481 e. The number of nitrogens with zero attached hydrogens (tertiary/aromatic N) is 2. The summed E-state index contributed by atoms with van der Waals surface area (Å²) in [4.78, 5) is 23.5. The van der Waals surface area contributed by atoms with Gasteiger partial charge in [-0.1, -0.05) is 22.5 Å². The van der Waals surface area contributed by atoms with Crippen LogP contribution < -0.4 is 5.32 Å². The molecule has 0 radical (unpaired) electrons. The van der Waals surface area contributed by atoms with E-state index < -0.39 is 17.8 Å². The molecule has 0 aromatic carbocycles. The van der Waals surface area contributed by atoms with E-state index in [0.717, 1.165) is 11.1 Å². The van der Waals surface area contributed by atoms with Gasteiger partial charge in [0.05, 0.1) is 11.8 Å². The highest BCUT2D eigenvalue weighted by atomic mass is 32.1. The quantitative estimate of drug-likeness (QED) is 0.826. The van der Waals surface area contributed by atoms with Gasteiger partial charge in [0.1, 0.15) is 5.51 Å². The summed E-state index contributed by atoms with van der Waals surface area (Å²) in [6.45, 7) is 3.86. The summed E-state index contributed by atoms with van der Waals surface area (Å²) in [5.41, 5.74) is 3.67. The van der Waals surface area contributed by atoms with Crippen molar-refractivity contribution in [3.63, 3.8) is 0 Å². The summed E-state index contributed by atoms with van der Waals surface area (Å²) >= 11 is 1.21. The molecule has 1 aromatic rings. The van der Waals surface area contributed by atoms with Gasteiger partial charge in [0, 0.05) is 0 Å². The van der Waals surface area contributed by atoms with E-state index >= 15 is 0 Å². The van der Waals surface area contributed by atoms with Crippen molar-refractivity contribution in [3.05, 3.63) is 16.7 Å². The van der Waals surface area contributed by atoms with Crippen LogP contribution in [0.4, 0.5) is 5.13 Å². The fourth-order valence-electron chi connectivity index (χ4n) is 2.25. The van der Waals surface area contributed by atoms with Crippen LogP contribution in [0.3, 0.4) is 0 Å². The second-order valence-electron chi connectivity index (χ2n) is 4.75. The van der Waals surface area contributed by atoms with Gasteiger partial charge in [0.2, 0.25) is 11.0 Å². The van der Waals surface area contributed by atoms with Crippen LogP contribution in [0.1, 0.15) is 26.7 Å². The molecule has 102 valence electrons. The Labute approximate surface area is 114 Å². The molecule has 2 N–H and O–H groups in total. The van der Waals surface area contributed by atoms with E-state index in [1.54, 1.807) is 0 Å². The van der Waals surface area contributed by atoms with Gasteiger partial charge >= 0.3 is 5.97 Å². The first-order valence-corrected chi connectivity index (χ1v) is 6.82. The molecule has 19 heavy (non-hydrogen) atoms. The number of carboxylic acid groups (broad SMARTS) is 1. The third kappa shape index (κ3) is 2.98. The number of nitrogens with one attached hydrogen (secondary N) is 1. The van der Waals surface area contributed by atoms with Gasteiger partial charge in [-0.3, -0.25) is 9.59 Å². The fraction of sp³-hybridized carbons (Fsp3) is 0.500. The van der Waals surface area contributed by atoms with Crippen LogP contribution in [-0.4, -0.2) is 27.2 Å². The molecule has 0 saturated carbocycles. The van der Waals surface area contributed by atoms with Gasteiger partial charge in [-0.2, -0.15) is 0 Å². The molecule has 2 unspecified atom stereocenters. The van der Waals surface area contributed by atoms with Gasteiger partial charge in [0.15, 0.2) is 0 Å². The van der Waals surface area contributed by atoms with Crippen molar-refractivity contribution < 1.29 is 14.7 Å². The number of aromatic nitrogens is 2. The van der Waals surface area contributed by atoms with Gasteiger partial charge < -0.3 is 10.4 Å². The topological polar surface area (TPSA) is 92.2 Å². The highest BCUT2D eigenvalue weighted by molar-refractivity contribution is 7.13. The fourth-order valence-corrected chi connectivity index (χ4v) is 2.70. The van der Waals surface area contributed by atoms with Gasteiger partial charge in [-0.15, -0.1) is 10.2 Å². The SMILES string of the molecule is CC1=C(C)CC(C(=O)Nc2nncs2)C(C(=O)O)C1. The number of amides is 1. The van der Waals surface area contributed by atoms with Crippen molar-refractivity contribution in [2.45, 2.75) is 26.7 Å². The van der Waals surface area contributed by atoms with Gasteiger partial charge in [0.25, 0.3) is 0 Å². The third-order valence-corrected chi connectivity index (χ3v) is 4.12. The summed E-state index contributed by atoms with van der Waals surface area (Å²) in [6.07, 6.45) is 0.906. The van der Waals surface area contributed by atoms with Crippen molar-refractivity contribution in [1.82, 2.24) is 10.2 Å². The molecule has 6 nitrogen and oxygen atoms in total. The summed E-state index contributed by atoms with van der Waals surface area (Å²) < 4.78 is 0. The molecule has 1 aromatic heterocycles. The summed E-state index contributed by atoms with van der Waals surface area (Å²) in [6, 6.07) is 0. The Morgan fingerprint density at radius 2 is 1.95 bits per heavy atom. The molecule has 1 amide bonds. The lowest BCUT2D eigenvalue weighted by Crippen LogP contribution is -2.36. The van der Waals surface area contributed by atoms with Crippen LogP contribution in [0, 0.1) is 11.8 Å². The maximum atomic E-state index is 12.2. The summed E-state index contributed by atoms with van der Waals surface area (Å²) in [5.74, 6) is -2.44. The number of carboxylic acids is 1. The lowest BCUT2D eigenvalue weighted by molar-refractivity contribution is -0.146. The Kier molecular flexibility index (Phi) is 3.94. The van der Waals surface area contributed by atoms with E-state index in [2.05, 4.69) is 15.5 Å². The first-order chi connectivity index (χ1) is 8.99. The number of rotatable bonds is 3. The minimum absolute atomic E-state index is 0.295. The number of aliphatic carboxylic acids is 1. The normalized spacial score (nSPS) is 23.3. The second kappa shape index (κ2) is 5.48. The Bertz CT molecular complexity index is 524. The van der Waals surface area contributed by atoms with Crippen molar-refractivity contribution in [2.75, 3.05) is 5.32 Å². The molecular weight excluding hydrogens is 266 g/mol. The summed E-state index contributed by atoms with van der Waals surface area (Å²) in [7, 11) is 0. The van der Waals surface area contributed by atoms with E-state index in [1.165, 1.54) is 16.8 Å². The molecular formula is C12H15N3O3S. The molecule has 0 fully saturated rings. The number of allylic oxidation sites excluding steroid dienone is 2. The number of carbonyl (C=O) groups is 2. The highest BCUT2D eigenvalue weighted by Gasteiger charge is 2.37. The second-order valence-corrected chi connectivity index (χ2v) is 5.59. The smallest absolute Gasteiger partial charge is 0.307 e. The Morgan fingerprint density at radius 3 is 2.47 bits per heavy atom. The van der Waals surface area contributed by atoms with E-state index in [-0.39, 0.29) is 5.91 Å². The zero-order valence-corrected chi connectivity index (χ0v) is 11.5. The molecule has 0 spiro atoms. The third-order valence-electron chi connectivity index (χ3n) is 3.51. The molecule has 2 atom stereocenters. The van der Waals surface area contributed by atoms with Crippen LogP contribution in [0.5, 0.6) is 0 Å². The van der Waals surface area contributed by atoms with E-state index in [1.807, 2.05) is 13.8 Å². The van der Waals surface area contributed by atoms with Crippen molar-refractivity contribution in [1.29, 1.82) is 0 Å². The van der Waals surface area contributed by atoms with Crippen LogP contribution >= 0.6 is 11.3 Å². The zero-order chi connectivity index (χ0) is 14.0. The number of anilines is 1. The van der Waals surface area contributed by atoms with Crippen LogP contribution in [0.15, 0.2) is 16.7 Å². The zero-order valence-electron chi connectivity index (χ0n) is 10.7. The largest absolute Gasteiger partial charge is 0.481 e. The van der Waals surface area contributed by atoms with Crippen molar-refractivity contribution in [2.24, 2.45) is 11.8 Å². The number of hydrogen-bond acceptors (Lipinski definition) is 5. The predicted molar refractivity (Wildman–Crippen MR) is 70.8 cm³/mol. The molecule has 0 aliphatic heterocycles. The van der Waals surface area contributed by atoms with Crippen LogP contribution in [-0.2, 0) is 9.59 Å². The number of carbonyl (C=O) groups excluding carboxylic acids is 1. The Balaban J connectivity index is 2.16.